The van der Waals surface area contributed by atoms with Crippen LogP contribution in [-0.4, -0.2) is 96.1 Å². The Balaban J connectivity index is 0.773. The smallest absolute Gasteiger partial charge is 0.384 e. The molecule has 0 radical (unpaired) electrons. The molecule has 21 heteroatoms. The van der Waals surface area contributed by atoms with Crippen LogP contribution in [0.5, 0.6) is 0 Å². The highest BCUT2D eigenvalue weighted by atomic mass is 32.1. The van der Waals surface area contributed by atoms with Gasteiger partial charge in [-0.05, 0) is 132 Å². The fourth-order valence-electron chi connectivity index (χ4n) is 9.00. The van der Waals surface area contributed by atoms with Crippen molar-refractivity contribution in [1.29, 1.82) is 5.26 Å². The van der Waals surface area contributed by atoms with Crippen molar-refractivity contribution in [3.05, 3.63) is 136 Å². The van der Waals surface area contributed by atoms with Gasteiger partial charge in [0.1, 0.15) is 22.3 Å². The number of piperazine rings is 1. The van der Waals surface area contributed by atoms with E-state index in [0.29, 0.717) is 47.5 Å². The van der Waals surface area contributed by atoms with Crippen molar-refractivity contribution in [1.82, 2.24) is 34.5 Å². The number of allylic oxidation sites excluding steroid dienone is 1. The molecule has 3 aromatic carbocycles. The SMILES string of the molecule is C=CCn1c(=O)c2cnc(Nc3ccc(N4CCN(CCCCCCNC(=O)c5ccc(N6C(=S)N(c7ccc(C#N)c(C(F)(F)F)c7)C(=O)C6(C)C)cc5F)CC4)cc3)nc2n1-c1cccc(C(C)(C)O)n1. The first-order valence-electron chi connectivity index (χ1n) is 23.7. The number of fused-ring (bicyclic) bond motifs is 1. The van der Waals surface area contributed by atoms with Gasteiger partial charge in [0.15, 0.2) is 16.6 Å². The van der Waals surface area contributed by atoms with Gasteiger partial charge in [0.2, 0.25) is 5.95 Å². The average Bonchev–Trinajstić information content (AvgIpc) is 3.72. The maximum atomic E-state index is 15.5. The van der Waals surface area contributed by atoms with E-state index >= 15 is 4.39 Å². The number of hydrogen-bond acceptors (Lipinski definition) is 12. The maximum Gasteiger partial charge on any atom is 0.417 e. The number of unbranched alkanes of at least 4 members (excludes halogenated alkanes) is 3. The number of nitrogens with zero attached hydrogens (tertiary/aromatic N) is 10. The molecule has 3 aromatic heterocycles. The third kappa shape index (κ3) is 10.8. The molecule has 5 heterocycles. The van der Waals surface area contributed by atoms with Crippen LogP contribution in [0.25, 0.3) is 16.9 Å². The summed E-state index contributed by atoms with van der Waals surface area (Å²) in [5, 5.41) is 26.0. The van der Waals surface area contributed by atoms with Crippen LogP contribution in [-0.2, 0) is 23.1 Å². The number of pyridine rings is 1. The Hall–Kier alpha value is -7.54. The molecule has 0 spiro atoms. The largest absolute Gasteiger partial charge is 0.417 e. The minimum atomic E-state index is -4.86. The fourth-order valence-corrected chi connectivity index (χ4v) is 9.52. The van der Waals surface area contributed by atoms with Gasteiger partial charge in [-0.2, -0.15) is 23.4 Å². The van der Waals surface area contributed by atoms with Gasteiger partial charge >= 0.3 is 6.18 Å². The number of anilines is 5. The highest BCUT2D eigenvalue weighted by Crippen LogP contribution is 2.40. The standard InChI is InChI=1S/C52H54F4N12O4S/c1-6-23-65-46(70)39-32-59-48(62-44(39)68(65)43-13-11-12-42(61-43)51(4,5)72)60-34-15-18-35(19-16-34)64-27-25-63(26-28-64)24-10-8-7-9-22-58-45(69)38-21-20-37(30-41(38)53)67-49(73)66(47(71)50(67,2)3)36-17-14-33(31-57)40(29-36)52(54,55)56/h6,11-21,29-30,32,72H,1,7-10,22-28H2,2-5H3,(H,58,69)(H,59,60,62). The highest BCUT2D eigenvalue weighted by molar-refractivity contribution is 7.81. The number of aromatic nitrogens is 5. The van der Waals surface area contributed by atoms with Crippen LogP contribution < -0.4 is 30.9 Å². The second kappa shape index (κ2) is 20.9. The van der Waals surface area contributed by atoms with E-state index in [2.05, 4.69) is 37.0 Å². The summed E-state index contributed by atoms with van der Waals surface area (Å²) in [6.45, 7) is 15.1. The van der Waals surface area contributed by atoms with Gasteiger partial charge in [-0.15, -0.1) is 6.58 Å². The molecule has 2 fully saturated rings. The first-order valence-corrected chi connectivity index (χ1v) is 24.1. The molecule has 0 saturated carbocycles. The number of carbonyl (C=O) groups excluding carboxylic acids is 2. The number of alkyl halides is 3. The van der Waals surface area contributed by atoms with Crippen LogP contribution in [0.15, 0.2) is 103 Å². The molecular formula is C52H54F4N12O4S. The molecule has 380 valence electrons. The number of thiocarbonyl (C=S) groups is 1. The lowest BCUT2D eigenvalue weighted by Crippen LogP contribution is -2.46. The molecule has 16 nitrogen and oxygen atoms in total. The summed E-state index contributed by atoms with van der Waals surface area (Å²) in [4.78, 5) is 60.8. The number of nitriles is 1. The first kappa shape index (κ1) is 51.8. The molecule has 0 atom stereocenters. The molecule has 0 aliphatic carbocycles. The Morgan fingerprint density at radius 3 is 2.30 bits per heavy atom. The molecule has 6 aromatic rings. The van der Waals surface area contributed by atoms with Crippen LogP contribution in [0.3, 0.4) is 0 Å². The molecule has 3 N–H and O–H groups in total. The summed E-state index contributed by atoms with van der Waals surface area (Å²) in [5.41, 5.74) is -2.35. The van der Waals surface area contributed by atoms with Gasteiger partial charge < -0.3 is 25.5 Å². The minimum absolute atomic E-state index is 0.133. The number of halogens is 4. The Morgan fingerprint density at radius 2 is 1.63 bits per heavy atom. The van der Waals surface area contributed by atoms with Crippen molar-refractivity contribution < 1.29 is 32.3 Å². The first-order chi connectivity index (χ1) is 34.7. The molecule has 2 aliphatic rings. The lowest BCUT2D eigenvalue weighted by Gasteiger charge is -2.36. The summed E-state index contributed by atoms with van der Waals surface area (Å²) in [7, 11) is 0. The van der Waals surface area contributed by atoms with Gasteiger partial charge in [-0.1, -0.05) is 25.0 Å². The van der Waals surface area contributed by atoms with Crippen LogP contribution >= 0.6 is 12.2 Å². The third-order valence-corrected chi connectivity index (χ3v) is 13.3. The number of amides is 2. The van der Waals surface area contributed by atoms with Gasteiger partial charge in [0.05, 0.1) is 40.7 Å². The van der Waals surface area contributed by atoms with Gasteiger partial charge in [0, 0.05) is 56.0 Å². The lowest BCUT2D eigenvalue weighted by molar-refractivity contribution is -0.137. The normalized spacial score (nSPS) is 15.3. The number of nitrogens with one attached hydrogen (secondary N) is 2. The predicted molar refractivity (Wildman–Crippen MR) is 275 cm³/mol. The second-order valence-electron chi connectivity index (χ2n) is 18.9. The summed E-state index contributed by atoms with van der Waals surface area (Å²) in [6.07, 6.45) is 1.76. The lowest BCUT2D eigenvalue weighted by atomic mass is 10.0. The molecule has 0 unspecified atom stereocenters. The summed E-state index contributed by atoms with van der Waals surface area (Å²) in [5.74, 6) is -1.40. The number of hydrogen-bond donors (Lipinski definition) is 3. The molecule has 0 bridgehead atoms. The van der Waals surface area contributed by atoms with E-state index < -0.39 is 46.1 Å². The predicted octanol–water partition coefficient (Wildman–Crippen LogP) is 8.19. The van der Waals surface area contributed by atoms with E-state index in [1.807, 2.05) is 24.3 Å². The van der Waals surface area contributed by atoms with E-state index in [-0.39, 0.29) is 34.2 Å². The molecule has 2 saturated heterocycles. The zero-order valence-electron chi connectivity index (χ0n) is 40.7. The van der Waals surface area contributed by atoms with E-state index in [1.54, 1.807) is 42.8 Å². The topological polar surface area (TPSA) is 181 Å². The Kier molecular flexibility index (Phi) is 14.8. The second-order valence-corrected chi connectivity index (χ2v) is 19.2. The highest BCUT2D eigenvalue weighted by Gasteiger charge is 2.51. The number of benzene rings is 3. The van der Waals surface area contributed by atoms with Crippen molar-refractivity contribution in [2.24, 2.45) is 0 Å². The van der Waals surface area contributed by atoms with E-state index in [0.717, 1.165) is 80.4 Å². The van der Waals surface area contributed by atoms with Crippen molar-refractivity contribution in [2.75, 3.05) is 59.3 Å². The van der Waals surface area contributed by atoms with Gasteiger partial charge in [0.25, 0.3) is 17.4 Å². The average molecular weight is 1020 g/mol. The van der Waals surface area contributed by atoms with Crippen molar-refractivity contribution in [3.63, 3.8) is 0 Å². The quantitative estimate of drug-likeness (QED) is 0.0345. The molecule has 2 aliphatic heterocycles. The molecule has 8 rings (SSSR count). The van der Waals surface area contributed by atoms with Crippen LogP contribution in [0, 0.1) is 17.1 Å². The molecular weight excluding hydrogens is 965 g/mol. The van der Waals surface area contributed by atoms with E-state index in [1.165, 1.54) is 53.9 Å². The Bertz CT molecular complexity index is 3190. The monoisotopic (exact) mass is 1020 g/mol. The summed E-state index contributed by atoms with van der Waals surface area (Å²) in [6, 6.07) is 21.4. The third-order valence-electron chi connectivity index (χ3n) is 12.9. The van der Waals surface area contributed by atoms with Crippen LogP contribution in [0.2, 0.25) is 0 Å². The van der Waals surface area contributed by atoms with Gasteiger partial charge in [-0.25, -0.2) is 23.7 Å². The fraction of sp³-hybridized carbons (Fsp3) is 0.346. The zero-order valence-corrected chi connectivity index (χ0v) is 41.5. The summed E-state index contributed by atoms with van der Waals surface area (Å²) >= 11 is 5.55. The van der Waals surface area contributed by atoms with E-state index in [9.17, 15) is 37.9 Å². The van der Waals surface area contributed by atoms with Gasteiger partial charge in [-0.3, -0.25) is 24.2 Å². The summed E-state index contributed by atoms with van der Waals surface area (Å²) < 4.78 is 59.8. The van der Waals surface area contributed by atoms with Crippen molar-refractivity contribution >= 4 is 68.9 Å². The minimum Gasteiger partial charge on any atom is -0.384 e. The number of carbonyl (C=O) groups is 2. The molecule has 73 heavy (non-hydrogen) atoms. The van der Waals surface area contributed by atoms with E-state index in [4.69, 9.17) is 17.2 Å². The van der Waals surface area contributed by atoms with Crippen LogP contribution in [0.1, 0.15) is 80.6 Å². The van der Waals surface area contributed by atoms with Crippen molar-refractivity contribution in [2.45, 2.75) is 77.2 Å². The number of aliphatic hydroxyl groups is 1. The Labute approximate surface area is 424 Å². The number of rotatable bonds is 17. The van der Waals surface area contributed by atoms with Crippen molar-refractivity contribution in [3.8, 4) is 11.9 Å². The van der Waals surface area contributed by atoms with Crippen LogP contribution in [0.4, 0.5) is 46.3 Å². The maximum absolute atomic E-state index is 15.5. The zero-order chi connectivity index (χ0) is 52.4. The molecule has 2 amide bonds. The Morgan fingerprint density at radius 1 is 0.932 bits per heavy atom.